The fourth-order valence-corrected chi connectivity index (χ4v) is 3.75. The molecule has 1 aromatic carbocycles. The number of rotatable bonds is 4. The van der Waals surface area contributed by atoms with Crippen LogP contribution in [0.3, 0.4) is 0 Å². The number of aryl methyl sites for hydroxylation is 3. The minimum atomic E-state index is -0.533. The molecule has 3 N–H and O–H groups in total. The van der Waals surface area contributed by atoms with Crippen LogP contribution in [-0.2, 0) is 18.3 Å². The van der Waals surface area contributed by atoms with Gasteiger partial charge in [-0.3, -0.25) is 19.1 Å². The van der Waals surface area contributed by atoms with Crippen LogP contribution in [0.2, 0.25) is 0 Å². The Morgan fingerprint density at radius 2 is 2.07 bits per heavy atom. The number of aromatic amines is 2. The highest BCUT2D eigenvalue weighted by molar-refractivity contribution is 7.22. The number of benzene rings is 1. The van der Waals surface area contributed by atoms with E-state index >= 15 is 0 Å². The third kappa shape index (κ3) is 3.26. The first kappa shape index (κ1) is 17.2. The number of thiazole rings is 1. The lowest BCUT2D eigenvalue weighted by atomic mass is 10.2. The smallest absolute Gasteiger partial charge is 0.329 e. The first-order valence-electron chi connectivity index (χ1n) is 8.25. The highest BCUT2D eigenvalue weighted by atomic mass is 32.1. The molecular formula is C17H16N6O3S. The number of fused-ring (bicyclic) bond motifs is 2. The molecule has 0 radical (unpaired) electrons. The van der Waals surface area contributed by atoms with Gasteiger partial charge in [0.05, 0.1) is 10.2 Å². The maximum Gasteiger partial charge on any atom is 0.329 e. The van der Waals surface area contributed by atoms with Crippen LogP contribution in [-0.4, -0.2) is 30.4 Å². The number of imidazole rings is 1. The van der Waals surface area contributed by atoms with E-state index in [0.717, 1.165) is 15.8 Å². The van der Waals surface area contributed by atoms with Gasteiger partial charge in [0.25, 0.3) is 5.56 Å². The number of anilines is 1. The standard InChI is InChI=1S/C17H16N6O3S/c1-8-3-4-9-10(7-8)27-16(18-9)21-12(24)6-5-11-19-13-14(20-11)23(2)17(26)22-15(13)25/h3-4,7H,5-6H2,1-2H3,(H,19,20)(H,18,21,24)(H,22,25,26). The van der Waals surface area contributed by atoms with Crippen LogP contribution in [0.15, 0.2) is 27.8 Å². The number of hydrogen-bond donors (Lipinski definition) is 3. The zero-order valence-corrected chi connectivity index (χ0v) is 15.4. The SMILES string of the molecule is Cc1ccc2nc(NC(=O)CCc3nc4c([nH]3)c(=O)[nH]c(=O)n4C)sc2c1. The van der Waals surface area contributed by atoms with Gasteiger partial charge in [0.2, 0.25) is 5.91 Å². The molecule has 0 aliphatic heterocycles. The molecule has 0 saturated heterocycles. The van der Waals surface area contributed by atoms with Crippen molar-refractivity contribution in [3.63, 3.8) is 0 Å². The van der Waals surface area contributed by atoms with Crippen LogP contribution in [0.5, 0.6) is 0 Å². The van der Waals surface area contributed by atoms with E-state index in [1.807, 2.05) is 25.1 Å². The summed E-state index contributed by atoms with van der Waals surface area (Å²) in [4.78, 5) is 49.4. The Bertz CT molecular complexity index is 1300. The first-order valence-corrected chi connectivity index (χ1v) is 9.07. The number of H-pyrrole nitrogens is 2. The minimum Gasteiger partial charge on any atom is -0.336 e. The van der Waals surface area contributed by atoms with Crippen LogP contribution in [0, 0.1) is 6.92 Å². The zero-order chi connectivity index (χ0) is 19.1. The van der Waals surface area contributed by atoms with Gasteiger partial charge in [0.15, 0.2) is 10.8 Å². The predicted octanol–water partition coefficient (Wildman–Crippen LogP) is 1.44. The third-order valence-electron chi connectivity index (χ3n) is 4.18. The van der Waals surface area contributed by atoms with Gasteiger partial charge in [-0.05, 0) is 24.6 Å². The number of carbonyl (C=O) groups excluding carboxylic acids is 1. The highest BCUT2D eigenvalue weighted by Crippen LogP contribution is 2.26. The third-order valence-corrected chi connectivity index (χ3v) is 5.12. The van der Waals surface area contributed by atoms with Crippen LogP contribution < -0.4 is 16.6 Å². The monoisotopic (exact) mass is 384 g/mol. The summed E-state index contributed by atoms with van der Waals surface area (Å²) in [6.07, 6.45) is 0.471. The second kappa shape index (κ2) is 6.47. The van der Waals surface area contributed by atoms with Crippen LogP contribution in [0.1, 0.15) is 17.8 Å². The molecule has 0 atom stereocenters. The Hall–Kier alpha value is -3.27. The van der Waals surface area contributed by atoms with Crippen molar-refractivity contribution in [2.24, 2.45) is 7.05 Å². The average Bonchev–Trinajstić information content (AvgIpc) is 3.21. The van der Waals surface area contributed by atoms with Gasteiger partial charge in [-0.25, -0.2) is 14.8 Å². The first-order chi connectivity index (χ1) is 12.9. The van der Waals surface area contributed by atoms with Gasteiger partial charge >= 0.3 is 5.69 Å². The van der Waals surface area contributed by atoms with E-state index in [0.29, 0.717) is 17.4 Å². The number of hydrogen-bond acceptors (Lipinski definition) is 6. The molecule has 10 heteroatoms. The molecule has 1 amide bonds. The second-order valence-corrected chi connectivity index (χ2v) is 7.27. The van der Waals surface area contributed by atoms with Crippen molar-refractivity contribution in [2.75, 3.05) is 5.32 Å². The molecule has 4 rings (SSSR count). The molecule has 0 aliphatic rings. The van der Waals surface area contributed by atoms with Gasteiger partial charge in [-0.1, -0.05) is 17.4 Å². The number of carbonyl (C=O) groups is 1. The van der Waals surface area contributed by atoms with Gasteiger partial charge in [0, 0.05) is 19.9 Å². The van der Waals surface area contributed by atoms with E-state index in [9.17, 15) is 14.4 Å². The van der Waals surface area contributed by atoms with E-state index in [-0.39, 0.29) is 23.5 Å². The topological polar surface area (TPSA) is 126 Å². The lowest BCUT2D eigenvalue weighted by molar-refractivity contribution is -0.116. The lowest BCUT2D eigenvalue weighted by Crippen LogP contribution is -2.28. The molecule has 3 heterocycles. The maximum absolute atomic E-state index is 12.2. The summed E-state index contributed by atoms with van der Waals surface area (Å²) >= 11 is 1.42. The highest BCUT2D eigenvalue weighted by Gasteiger charge is 2.13. The zero-order valence-electron chi connectivity index (χ0n) is 14.6. The van der Waals surface area contributed by atoms with Crippen molar-refractivity contribution >= 4 is 43.8 Å². The summed E-state index contributed by atoms with van der Waals surface area (Å²) in [6.45, 7) is 2.01. The van der Waals surface area contributed by atoms with E-state index < -0.39 is 11.2 Å². The van der Waals surface area contributed by atoms with Gasteiger partial charge < -0.3 is 10.3 Å². The van der Waals surface area contributed by atoms with Crippen LogP contribution >= 0.6 is 11.3 Å². The number of nitrogens with zero attached hydrogens (tertiary/aromatic N) is 3. The molecule has 9 nitrogen and oxygen atoms in total. The number of amides is 1. The Labute approximate surface area is 156 Å². The summed E-state index contributed by atoms with van der Waals surface area (Å²) in [5.41, 5.74) is 1.40. The summed E-state index contributed by atoms with van der Waals surface area (Å²) in [6, 6.07) is 5.93. The molecule has 27 heavy (non-hydrogen) atoms. The van der Waals surface area contributed by atoms with Crippen molar-refractivity contribution in [1.82, 2.24) is 24.5 Å². The Morgan fingerprint density at radius 1 is 1.26 bits per heavy atom. The molecule has 0 fully saturated rings. The molecule has 0 unspecified atom stereocenters. The summed E-state index contributed by atoms with van der Waals surface area (Å²) in [7, 11) is 1.52. The molecule has 0 bridgehead atoms. The Balaban J connectivity index is 1.48. The Morgan fingerprint density at radius 3 is 2.89 bits per heavy atom. The van der Waals surface area contributed by atoms with Gasteiger partial charge in [0.1, 0.15) is 11.3 Å². The van der Waals surface area contributed by atoms with E-state index in [4.69, 9.17) is 0 Å². The van der Waals surface area contributed by atoms with Crippen LogP contribution in [0.25, 0.3) is 21.4 Å². The summed E-state index contributed by atoms with van der Waals surface area (Å²) in [5.74, 6) is 0.265. The molecule has 0 saturated carbocycles. The number of aromatic nitrogens is 5. The van der Waals surface area contributed by atoms with Gasteiger partial charge in [-0.15, -0.1) is 0 Å². The van der Waals surface area contributed by atoms with Crippen molar-refractivity contribution in [1.29, 1.82) is 0 Å². The molecule has 0 spiro atoms. The van der Waals surface area contributed by atoms with Crippen LogP contribution in [0.4, 0.5) is 5.13 Å². The van der Waals surface area contributed by atoms with E-state index in [2.05, 4.69) is 25.3 Å². The molecular weight excluding hydrogens is 368 g/mol. The normalized spacial score (nSPS) is 11.3. The van der Waals surface area contributed by atoms with Crippen molar-refractivity contribution in [2.45, 2.75) is 19.8 Å². The quantitative estimate of drug-likeness (QED) is 0.491. The number of nitrogens with one attached hydrogen (secondary N) is 3. The molecule has 3 aromatic heterocycles. The Kier molecular flexibility index (Phi) is 4.11. The lowest BCUT2D eigenvalue weighted by Gasteiger charge is -1.99. The summed E-state index contributed by atoms with van der Waals surface area (Å²) in [5, 5.41) is 3.34. The predicted molar refractivity (Wildman–Crippen MR) is 103 cm³/mol. The van der Waals surface area contributed by atoms with E-state index in [1.54, 1.807) is 0 Å². The van der Waals surface area contributed by atoms with Crippen molar-refractivity contribution < 1.29 is 4.79 Å². The minimum absolute atomic E-state index is 0.167. The fraction of sp³-hybridized carbons (Fsp3) is 0.235. The maximum atomic E-state index is 12.2. The van der Waals surface area contributed by atoms with E-state index in [1.165, 1.54) is 23.0 Å². The van der Waals surface area contributed by atoms with Gasteiger partial charge in [-0.2, -0.15) is 0 Å². The van der Waals surface area contributed by atoms with Crippen molar-refractivity contribution in [3.8, 4) is 0 Å². The largest absolute Gasteiger partial charge is 0.336 e. The summed E-state index contributed by atoms with van der Waals surface area (Å²) < 4.78 is 2.27. The fourth-order valence-electron chi connectivity index (χ4n) is 2.77. The molecule has 4 aromatic rings. The average molecular weight is 384 g/mol. The second-order valence-electron chi connectivity index (χ2n) is 6.24. The molecule has 138 valence electrons. The molecule has 0 aliphatic carbocycles. The van der Waals surface area contributed by atoms with Crippen molar-refractivity contribution in [3.05, 3.63) is 50.4 Å².